The fourth-order valence-corrected chi connectivity index (χ4v) is 3.50. The van der Waals surface area contributed by atoms with Crippen LogP contribution in [0.5, 0.6) is 0 Å². The summed E-state index contributed by atoms with van der Waals surface area (Å²) >= 11 is 1.21. The second kappa shape index (κ2) is 6.29. The zero-order chi connectivity index (χ0) is 17.4. The SMILES string of the molecule is CC(=O)Nc1nc(C(=O)Nc2ccc3nc(C4CCC4)[nH]c3c2)cs1. The molecule has 2 heterocycles. The van der Waals surface area contributed by atoms with E-state index in [4.69, 9.17) is 0 Å². The Balaban J connectivity index is 1.50. The molecule has 3 aromatic rings. The minimum Gasteiger partial charge on any atom is -0.342 e. The van der Waals surface area contributed by atoms with Gasteiger partial charge in [-0.15, -0.1) is 11.3 Å². The highest BCUT2D eigenvalue weighted by atomic mass is 32.1. The molecule has 0 saturated heterocycles. The first-order valence-corrected chi connectivity index (χ1v) is 9.00. The molecule has 3 N–H and O–H groups in total. The molecule has 0 atom stereocenters. The molecule has 0 radical (unpaired) electrons. The van der Waals surface area contributed by atoms with Crippen LogP contribution < -0.4 is 10.6 Å². The topological polar surface area (TPSA) is 99.8 Å². The number of nitrogens with zero attached hydrogens (tertiary/aromatic N) is 2. The smallest absolute Gasteiger partial charge is 0.275 e. The molecule has 0 unspecified atom stereocenters. The third-order valence-electron chi connectivity index (χ3n) is 4.27. The predicted octanol–water partition coefficient (Wildman–Crippen LogP) is 3.50. The number of hydrogen-bond acceptors (Lipinski definition) is 5. The van der Waals surface area contributed by atoms with Gasteiger partial charge in [-0.2, -0.15) is 0 Å². The molecule has 0 aliphatic heterocycles. The van der Waals surface area contributed by atoms with Crippen molar-refractivity contribution in [3.05, 3.63) is 35.1 Å². The van der Waals surface area contributed by atoms with E-state index in [2.05, 4.69) is 25.6 Å². The lowest BCUT2D eigenvalue weighted by atomic mass is 9.85. The highest BCUT2D eigenvalue weighted by Crippen LogP contribution is 2.35. The van der Waals surface area contributed by atoms with Gasteiger partial charge in [0.15, 0.2) is 5.13 Å². The lowest BCUT2D eigenvalue weighted by molar-refractivity contribution is -0.114. The number of imidazole rings is 1. The first-order chi connectivity index (χ1) is 12.1. The first kappa shape index (κ1) is 15.8. The van der Waals surface area contributed by atoms with E-state index in [1.807, 2.05) is 18.2 Å². The van der Waals surface area contributed by atoms with Crippen molar-refractivity contribution in [1.29, 1.82) is 0 Å². The molecule has 0 bridgehead atoms. The molecule has 128 valence electrons. The van der Waals surface area contributed by atoms with Crippen LogP contribution in [-0.4, -0.2) is 26.8 Å². The molecule has 4 rings (SSSR count). The summed E-state index contributed by atoms with van der Waals surface area (Å²) in [5.74, 6) is 1.04. The zero-order valence-corrected chi connectivity index (χ0v) is 14.4. The van der Waals surface area contributed by atoms with Gasteiger partial charge in [-0.1, -0.05) is 6.42 Å². The molecule has 1 aliphatic carbocycles. The number of amides is 2. The molecular weight excluding hydrogens is 338 g/mol. The third-order valence-corrected chi connectivity index (χ3v) is 5.03. The molecular formula is C17H17N5O2S. The summed E-state index contributed by atoms with van der Waals surface area (Å²) in [7, 11) is 0. The van der Waals surface area contributed by atoms with Crippen molar-refractivity contribution < 1.29 is 9.59 Å². The van der Waals surface area contributed by atoms with Gasteiger partial charge >= 0.3 is 0 Å². The third kappa shape index (κ3) is 3.25. The van der Waals surface area contributed by atoms with Gasteiger partial charge in [-0.3, -0.25) is 9.59 Å². The number of anilines is 2. The van der Waals surface area contributed by atoms with Gasteiger partial charge in [-0.25, -0.2) is 9.97 Å². The summed E-state index contributed by atoms with van der Waals surface area (Å²) in [6.45, 7) is 1.40. The summed E-state index contributed by atoms with van der Waals surface area (Å²) in [4.78, 5) is 35.4. The van der Waals surface area contributed by atoms with Gasteiger partial charge < -0.3 is 15.6 Å². The highest BCUT2D eigenvalue weighted by Gasteiger charge is 2.22. The summed E-state index contributed by atoms with van der Waals surface area (Å²) < 4.78 is 0. The van der Waals surface area contributed by atoms with E-state index in [1.54, 1.807) is 5.38 Å². The van der Waals surface area contributed by atoms with Crippen LogP contribution in [0.4, 0.5) is 10.8 Å². The van der Waals surface area contributed by atoms with E-state index in [1.165, 1.54) is 37.5 Å². The maximum atomic E-state index is 12.3. The molecule has 1 aliphatic rings. The molecule has 1 saturated carbocycles. The van der Waals surface area contributed by atoms with Crippen LogP contribution in [-0.2, 0) is 4.79 Å². The zero-order valence-electron chi connectivity index (χ0n) is 13.6. The van der Waals surface area contributed by atoms with Crippen LogP contribution >= 0.6 is 11.3 Å². The van der Waals surface area contributed by atoms with Crippen molar-refractivity contribution in [2.24, 2.45) is 0 Å². The molecule has 25 heavy (non-hydrogen) atoms. The number of benzene rings is 1. The van der Waals surface area contributed by atoms with Gasteiger partial charge in [0, 0.05) is 23.9 Å². The lowest BCUT2D eigenvalue weighted by Gasteiger charge is -2.22. The standard InChI is InChI=1S/C17H17N5O2S/c1-9(23)18-17-22-14(8-25-17)16(24)19-11-5-6-12-13(7-11)21-15(20-12)10-3-2-4-10/h5-8,10H,2-4H2,1H3,(H,19,24)(H,20,21)(H,18,22,23). The van der Waals surface area contributed by atoms with E-state index in [0.717, 1.165) is 16.9 Å². The van der Waals surface area contributed by atoms with Gasteiger partial charge in [0.2, 0.25) is 5.91 Å². The number of H-pyrrole nitrogens is 1. The molecule has 8 heteroatoms. The number of carbonyl (C=O) groups excluding carboxylic acids is 2. The Morgan fingerprint density at radius 1 is 1.24 bits per heavy atom. The number of aromatic amines is 1. The van der Waals surface area contributed by atoms with E-state index < -0.39 is 0 Å². The molecule has 2 aromatic heterocycles. The Kier molecular flexibility index (Phi) is 3.96. The normalized spacial score (nSPS) is 14.3. The van der Waals surface area contributed by atoms with E-state index in [9.17, 15) is 9.59 Å². The quantitative estimate of drug-likeness (QED) is 0.667. The largest absolute Gasteiger partial charge is 0.342 e. The van der Waals surface area contributed by atoms with Crippen molar-refractivity contribution >= 4 is 45.0 Å². The van der Waals surface area contributed by atoms with Crippen molar-refractivity contribution in [3.8, 4) is 0 Å². The average Bonchev–Trinajstić information content (AvgIpc) is 3.11. The van der Waals surface area contributed by atoms with Crippen LogP contribution in [0.2, 0.25) is 0 Å². The molecule has 1 fully saturated rings. The van der Waals surface area contributed by atoms with Crippen molar-refractivity contribution in [1.82, 2.24) is 15.0 Å². The summed E-state index contributed by atoms with van der Waals surface area (Å²) in [6, 6.07) is 5.60. The van der Waals surface area contributed by atoms with Crippen LogP contribution in [0.25, 0.3) is 11.0 Å². The number of thiazole rings is 1. The fourth-order valence-electron chi connectivity index (χ4n) is 2.76. The van der Waals surface area contributed by atoms with E-state index >= 15 is 0 Å². The van der Waals surface area contributed by atoms with E-state index in [-0.39, 0.29) is 17.5 Å². The summed E-state index contributed by atoms with van der Waals surface area (Å²) in [6.07, 6.45) is 3.63. The van der Waals surface area contributed by atoms with Crippen molar-refractivity contribution in [3.63, 3.8) is 0 Å². The van der Waals surface area contributed by atoms with Gasteiger partial charge in [-0.05, 0) is 31.0 Å². The highest BCUT2D eigenvalue weighted by molar-refractivity contribution is 7.14. The average molecular weight is 355 g/mol. The fraction of sp³-hybridized carbons (Fsp3) is 0.294. The van der Waals surface area contributed by atoms with Gasteiger partial charge in [0.1, 0.15) is 11.5 Å². The van der Waals surface area contributed by atoms with Gasteiger partial charge in [0.05, 0.1) is 11.0 Å². The summed E-state index contributed by atoms with van der Waals surface area (Å²) in [5.41, 5.74) is 2.77. The minimum absolute atomic E-state index is 0.215. The molecule has 7 nitrogen and oxygen atoms in total. The van der Waals surface area contributed by atoms with E-state index in [0.29, 0.717) is 16.7 Å². The maximum Gasteiger partial charge on any atom is 0.275 e. The number of carbonyl (C=O) groups is 2. The number of nitrogens with one attached hydrogen (secondary N) is 3. The van der Waals surface area contributed by atoms with Crippen LogP contribution in [0.1, 0.15) is 48.4 Å². The minimum atomic E-state index is -0.314. The number of hydrogen-bond donors (Lipinski definition) is 3. The number of aromatic nitrogens is 3. The van der Waals surface area contributed by atoms with Crippen LogP contribution in [0, 0.1) is 0 Å². The van der Waals surface area contributed by atoms with Crippen LogP contribution in [0.15, 0.2) is 23.6 Å². The number of fused-ring (bicyclic) bond motifs is 1. The predicted molar refractivity (Wildman–Crippen MR) is 97.1 cm³/mol. The lowest BCUT2D eigenvalue weighted by Crippen LogP contribution is -2.13. The Bertz CT molecular complexity index is 957. The summed E-state index contributed by atoms with van der Waals surface area (Å²) in [5, 5.41) is 7.42. The second-order valence-electron chi connectivity index (χ2n) is 6.16. The first-order valence-electron chi connectivity index (χ1n) is 8.12. The number of rotatable bonds is 4. The Labute approximate surface area is 147 Å². The Hall–Kier alpha value is -2.74. The molecule has 1 aromatic carbocycles. The monoisotopic (exact) mass is 355 g/mol. The Morgan fingerprint density at radius 3 is 2.80 bits per heavy atom. The molecule has 2 amide bonds. The molecule has 0 spiro atoms. The van der Waals surface area contributed by atoms with Gasteiger partial charge in [0.25, 0.3) is 5.91 Å². The van der Waals surface area contributed by atoms with Crippen molar-refractivity contribution in [2.45, 2.75) is 32.1 Å². The van der Waals surface area contributed by atoms with Crippen LogP contribution in [0.3, 0.4) is 0 Å². The second-order valence-corrected chi connectivity index (χ2v) is 7.01. The maximum absolute atomic E-state index is 12.3. The van der Waals surface area contributed by atoms with Crippen molar-refractivity contribution in [2.75, 3.05) is 10.6 Å². The Morgan fingerprint density at radius 2 is 2.08 bits per heavy atom.